The summed E-state index contributed by atoms with van der Waals surface area (Å²) in [5.41, 5.74) is 0.193. The number of rotatable bonds is 4. The predicted octanol–water partition coefficient (Wildman–Crippen LogP) is 3.11. The molecule has 14 heavy (non-hydrogen) atoms. The molecular weight excluding hydrogens is 172 g/mol. The monoisotopic (exact) mass is 190 g/mol. The van der Waals surface area contributed by atoms with Gasteiger partial charge in [0.05, 0.1) is 5.60 Å². The molecule has 1 aromatic carbocycles. The van der Waals surface area contributed by atoms with Crippen molar-refractivity contribution in [2.24, 2.45) is 5.92 Å². The first-order valence-corrected chi connectivity index (χ1v) is 5.05. The molecule has 0 saturated carbocycles. The molecule has 76 valence electrons. The number of benzene rings is 1. The van der Waals surface area contributed by atoms with Gasteiger partial charge in [0.2, 0.25) is 0 Å². The van der Waals surface area contributed by atoms with Crippen LogP contribution in [0.4, 0.5) is 0 Å². The summed E-state index contributed by atoms with van der Waals surface area (Å²) in [6, 6.07) is 9.78. The van der Waals surface area contributed by atoms with E-state index in [9.17, 15) is 5.11 Å². The first kappa shape index (κ1) is 11.0. The van der Waals surface area contributed by atoms with Crippen molar-refractivity contribution in [3.05, 3.63) is 48.6 Å². The summed E-state index contributed by atoms with van der Waals surface area (Å²) in [4.78, 5) is 0. The normalized spacial score (nSPS) is 17.1. The van der Waals surface area contributed by atoms with E-state index in [1.54, 1.807) is 6.08 Å². The second-order valence-corrected chi connectivity index (χ2v) is 3.67. The number of aliphatic hydroxyl groups is 1. The van der Waals surface area contributed by atoms with Gasteiger partial charge in [-0.1, -0.05) is 50.3 Å². The van der Waals surface area contributed by atoms with Crippen LogP contribution >= 0.6 is 0 Å². The Bertz CT molecular complexity index is 291. The maximum Gasteiger partial charge on any atom is 0.0953 e. The molecule has 1 nitrogen and oxygen atoms in total. The Kier molecular flexibility index (Phi) is 3.48. The van der Waals surface area contributed by atoms with E-state index in [2.05, 4.69) is 6.58 Å². The largest absolute Gasteiger partial charge is 0.385 e. The Morgan fingerprint density at radius 3 is 2.43 bits per heavy atom. The van der Waals surface area contributed by atoms with E-state index in [0.717, 1.165) is 5.56 Å². The lowest BCUT2D eigenvalue weighted by Crippen LogP contribution is -2.31. The Hall–Kier alpha value is -1.08. The summed E-state index contributed by atoms with van der Waals surface area (Å²) in [5, 5.41) is 10.5. The van der Waals surface area contributed by atoms with Crippen molar-refractivity contribution < 1.29 is 5.11 Å². The lowest BCUT2D eigenvalue weighted by molar-refractivity contribution is -0.00307. The molecule has 0 spiro atoms. The number of hydrogen-bond donors (Lipinski definition) is 1. The van der Waals surface area contributed by atoms with E-state index < -0.39 is 5.60 Å². The molecular formula is C13H18O. The van der Waals surface area contributed by atoms with E-state index in [0.29, 0.717) is 6.42 Å². The maximum atomic E-state index is 10.5. The van der Waals surface area contributed by atoms with Crippen LogP contribution in [0.15, 0.2) is 43.0 Å². The smallest absolute Gasteiger partial charge is 0.0953 e. The lowest BCUT2D eigenvalue weighted by Gasteiger charge is -2.32. The Balaban J connectivity index is 3.07. The van der Waals surface area contributed by atoms with Gasteiger partial charge in [-0.2, -0.15) is 0 Å². The Labute approximate surface area is 86.1 Å². The maximum absolute atomic E-state index is 10.5. The SMILES string of the molecule is C=CC(C)C(O)(CC)c1ccccc1. The van der Waals surface area contributed by atoms with Crippen LogP contribution in [-0.2, 0) is 5.60 Å². The molecule has 0 amide bonds. The van der Waals surface area contributed by atoms with Crippen molar-refractivity contribution in [3.8, 4) is 0 Å². The third kappa shape index (κ3) is 1.88. The predicted molar refractivity (Wildman–Crippen MR) is 60.0 cm³/mol. The van der Waals surface area contributed by atoms with Crippen molar-refractivity contribution in [2.75, 3.05) is 0 Å². The molecule has 1 heteroatoms. The standard InChI is InChI=1S/C13H18O/c1-4-11(3)13(14,5-2)12-9-7-6-8-10-12/h4,6-11,14H,1,5H2,2-3H3. The fraction of sp³-hybridized carbons (Fsp3) is 0.385. The van der Waals surface area contributed by atoms with Crippen LogP contribution in [0.1, 0.15) is 25.8 Å². The summed E-state index contributed by atoms with van der Waals surface area (Å²) in [6.07, 6.45) is 2.50. The number of hydrogen-bond acceptors (Lipinski definition) is 1. The van der Waals surface area contributed by atoms with Crippen molar-refractivity contribution in [2.45, 2.75) is 25.9 Å². The van der Waals surface area contributed by atoms with Gasteiger partial charge in [0.1, 0.15) is 0 Å². The van der Waals surface area contributed by atoms with E-state index in [1.165, 1.54) is 0 Å². The second-order valence-electron chi connectivity index (χ2n) is 3.67. The first-order valence-electron chi connectivity index (χ1n) is 5.05. The second kappa shape index (κ2) is 4.43. The summed E-state index contributed by atoms with van der Waals surface area (Å²) in [5.74, 6) is 0.0647. The molecule has 0 aromatic heterocycles. The molecule has 1 N–H and O–H groups in total. The van der Waals surface area contributed by atoms with Gasteiger partial charge in [0, 0.05) is 5.92 Å². The van der Waals surface area contributed by atoms with Crippen LogP contribution in [0, 0.1) is 5.92 Å². The fourth-order valence-electron chi connectivity index (χ4n) is 1.71. The van der Waals surface area contributed by atoms with Crippen molar-refractivity contribution in [3.63, 3.8) is 0 Å². The highest BCUT2D eigenvalue weighted by molar-refractivity contribution is 5.24. The molecule has 0 fully saturated rings. The summed E-state index contributed by atoms with van der Waals surface area (Å²) in [6.45, 7) is 7.72. The van der Waals surface area contributed by atoms with Crippen molar-refractivity contribution >= 4 is 0 Å². The van der Waals surface area contributed by atoms with Gasteiger partial charge < -0.3 is 5.11 Å². The van der Waals surface area contributed by atoms with E-state index in [1.807, 2.05) is 44.2 Å². The zero-order valence-corrected chi connectivity index (χ0v) is 8.90. The Morgan fingerprint density at radius 2 is 2.00 bits per heavy atom. The molecule has 2 unspecified atom stereocenters. The van der Waals surface area contributed by atoms with E-state index in [-0.39, 0.29) is 5.92 Å². The topological polar surface area (TPSA) is 20.2 Å². The molecule has 1 aromatic rings. The average Bonchev–Trinajstić information content (AvgIpc) is 2.28. The molecule has 0 radical (unpaired) electrons. The van der Waals surface area contributed by atoms with Gasteiger partial charge in [-0.3, -0.25) is 0 Å². The summed E-state index contributed by atoms with van der Waals surface area (Å²) < 4.78 is 0. The van der Waals surface area contributed by atoms with Crippen LogP contribution in [0.5, 0.6) is 0 Å². The summed E-state index contributed by atoms with van der Waals surface area (Å²) >= 11 is 0. The highest BCUT2D eigenvalue weighted by Crippen LogP contribution is 2.33. The van der Waals surface area contributed by atoms with Crippen LogP contribution in [-0.4, -0.2) is 5.11 Å². The van der Waals surface area contributed by atoms with Crippen LogP contribution in [0.3, 0.4) is 0 Å². The molecule has 0 aliphatic heterocycles. The van der Waals surface area contributed by atoms with Gasteiger partial charge >= 0.3 is 0 Å². The highest BCUT2D eigenvalue weighted by Gasteiger charge is 2.31. The third-order valence-electron chi connectivity index (χ3n) is 2.92. The van der Waals surface area contributed by atoms with Gasteiger partial charge in [0.25, 0.3) is 0 Å². The van der Waals surface area contributed by atoms with Gasteiger partial charge in [-0.15, -0.1) is 6.58 Å². The molecule has 0 heterocycles. The fourth-order valence-corrected chi connectivity index (χ4v) is 1.71. The van der Waals surface area contributed by atoms with Gasteiger partial charge in [-0.05, 0) is 12.0 Å². The van der Waals surface area contributed by atoms with E-state index in [4.69, 9.17) is 0 Å². The molecule has 2 atom stereocenters. The zero-order chi connectivity index (χ0) is 10.6. The molecule has 0 aliphatic carbocycles. The molecule has 0 bridgehead atoms. The van der Waals surface area contributed by atoms with Gasteiger partial charge in [-0.25, -0.2) is 0 Å². The third-order valence-corrected chi connectivity index (χ3v) is 2.92. The van der Waals surface area contributed by atoms with Crippen molar-refractivity contribution in [1.82, 2.24) is 0 Å². The van der Waals surface area contributed by atoms with Crippen LogP contribution in [0.2, 0.25) is 0 Å². The van der Waals surface area contributed by atoms with Crippen molar-refractivity contribution in [1.29, 1.82) is 0 Å². The lowest BCUT2D eigenvalue weighted by atomic mass is 9.80. The summed E-state index contributed by atoms with van der Waals surface area (Å²) in [7, 11) is 0. The van der Waals surface area contributed by atoms with Crippen LogP contribution < -0.4 is 0 Å². The minimum atomic E-state index is -0.775. The minimum Gasteiger partial charge on any atom is -0.385 e. The molecule has 1 rings (SSSR count). The molecule has 0 aliphatic rings. The quantitative estimate of drug-likeness (QED) is 0.723. The highest BCUT2D eigenvalue weighted by atomic mass is 16.3. The average molecular weight is 190 g/mol. The van der Waals surface area contributed by atoms with E-state index >= 15 is 0 Å². The van der Waals surface area contributed by atoms with Gasteiger partial charge in [0.15, 0.2) is 0 Å². The van der Waals surface area contributed by atoms with Crippen LogP contribution in [0.25, 0.3) is 0 Å². The first-order chi connectivity index (χ1) is 6.65. The Morgan fingerprint density at radius 1 is 1.43 bits per heavy atom. The zero-order valence-electron chi connectivity index (χ0n) is 8.90. The molecule has 0 saturated heterocycles. The minimum absolute atomic E-state index is 0.0647.